The van der Waals surface area contributed by atoms with Gasteiger partial charge in [0.1, 0.15) is 4.88 Å². The minimum absolute atomic E-state index is 0.324. The van der Waals surface area contributed by atoms with Gasteiger partial charge in [0.05, 0.1) is 13.2 Å². The Morgan fingerprint density at radius 2 is 1.95 bits per heavy atom. The largest absolute Gasteiger partial charge is 0.490 e. The topological polar surface area (TPSA) is 55.8 Å². The number of benzene rings is 1. The number of aromatic carboxylic acids is 1. The molecule has 0 atom stereocenters. The second kappa shape index (κ2) is 5.93. The quantitative estimate of drug-likeness (QED) is 0.874. The third-order valence-electron chi connectivity index (χ3n) is 2.55. The van der Waals surface area contributed by atoms with E-state index in [-0.39, 0.29) is 0 Å². The Balaban J connectivity index is 2.45. The lowest BCUT2D eigenvalue weighted by molar-refractivity contribution is 0.0702. The molecule has 1 aromatic heterocycles. The highest BCUT2D eigenvalue weighted by molar-refractivity contribution is 7.20. The molecule has 4 nitrogen and oxygen atoms in total. The average molecular weight is 280 g/mol. The molecule has 19 heavy (non-hydrogen) atoms. The number of hydrogen-bond donors (Lipinski definition) is 1. The Morgan fingerprint density at radius 1 is 1.21 bits per heavy atom. The van der Waals surface area contributed by atoms with Crippen LogP contribution in [0.25, 0.3) is 10.1 Å². The van der Waals surface area contributed by atoms with E-state index in [1.54, 1.807) is 6.07 Å². The fraction of sp³-hybridized carbons (Fsp3) is 0.357. The van der Waals surface area contributed by atoms with Crippen LogP contribution in [-0.2, 0) is 0 Å². The number of ether oxygens (including phenoxy) is 2. The van der Waals surface area contributed by atoms with E-state index in [0.29, 0.717) is 29.6 Å². The zero-order chi connectivity index (χ0) is 13.8. The van der Waals surface area contributed by atoms with Crippen molar-refractivity contribution in [1.29, 1.82) is 0 Å². The molecule has 0 saturated heterocycles. The molecule has 0 saturated carbocycles. The van der Waals surface area contributed by atoms with Crippen LogP contribution in [0, 0.1) is 0 Å². The minimum atomic E-state index is -0.907. The lowest BCUT2D eigenvalue weighted by atomic mass is 10.2. The molecule has 0 amide bonds. The monoisotopic (exact) mass is 280 g/mol. The van der Waals surface area contributed by atoms with Gasteiger partial charge in [0.15, 0.2) is 11.5 Å². The second-order valence-electron chi connectivity index (χ2n) is 4.03. The number of carboxylic acid groups (broad SMARTS) is 1. The summed E-state index contributed by atoms with van der Waals surface area (Å²) in [7, 11) is 0. The van der Waals surface area contributed by atoms with Gasteiger partial charge in [0, 0.05) is 10.8 Å². The van der Waals surface area contributed by atoms with E-state index in [1.807, 2.05) is 26.0 Å². The molecule has 102 valence electrons. The van der Waals surface area contributed by atoms with E-state index in [0.717, 1.165) is 16.5 Å². The van der Waals surface area contributed by atoms with E-state index in [9.17, 15) is 4.79 Å². The van der Waals surface area contributed by atoms with Crippen LogP contribution in [0.3, 0.4) is 0 Å². The summed E-state index contributed by atoms with van der Waals surface area (Å²) in [6.45, 7) is 5.10. The number of rotatable bonds is 6. The third-order valence-corrected chi connectivity index (χ3v) is 3.64. The van der Waals surface area contributed by atoms with Crippen molar-refractivity contribution < 1.29 is 19.4 Å². The van der Waals surface area contributed by atoms with Gasteiger partial charge in [-0.1, -0.05) is 6.92 Å². The highest BCUT2D eigenvalue weighted by Gasteiger charge is 2.13. The first-order valence-electron chi connectivity index (χ1n) is 6.22. The first-order chi connectivity index (χ1) is 9.15. The molecule has 1 aromatic carbocycles. The Morgan fingerprint density at radius 3 is 2.58 bits per heavy atom. The molecule has 0 spiro atoms. The number of fused-ring (bicyclic) bond motifs is 1. The summed E-state index contributed by atoms with van der Waals surface area (Å²) in [5.41, 5.74) is 0. The van der Waals surface area contributed by atoms with Crippen molar-refractivity contribution in [1.82, 2.24) is 0 Å². The Bertz CT molecular complexity index is 588. The summed E-state index contributed by atoms with van der Waals surface area (Å²) in [4.78, 5) is 11.3. The lowest BCUT2D eigenvalue weighted by Crippen LogP contribution is -1.99. The van der Waals surface area contributed by atoms with Crippen molar-refractivity contribution in [3.8, 4) is 11.5 Å². The van der Waals surface area contributed by atoms with E-state index < -0.39 is 5.97 Å². The zero-order valence-electron chi connectivity index (χ0n) is 10.9. The predicted octanol–water partition coefficient (Wildman–Crippen LogP) is 3.79. The van der Waals surface area contributed by atoms with Crippen molar-refractivity contribution >= 4 is 27.4 Å². The van der Waals surface area contributed by atoms with Crippen molar-refractivity contribution in [3.05, 3.63) is 23.1 Å². The Hall–Kier alpha value is -1.75. The van der Waals surface area contributed by atoms with Crippen molar-refractivity contribution in [3.63, 3.8) is 0 Å². The average Bonchev–Trinajstić information content (AvgIpc) is 2.79. The molecule has 1 N–H and O–H groups in total. The number of carboxylic acids is 1. The second-order valence-corrected chi connectivity index (χ2v) is 5.12. The van der Waals surface area contributed by atoms with Crippen molar-refractivity contribution in [2.75, 3.05) is 13.2 Å². The molecule has 0 aliphatic carbocycles. The summed E-state index contributed by atoms with van der Waals surface area (Å²) in [6.07, 6.45) is 0.911. The molecule has 0 aliphatic heterocycles. The lowest BCUT2D eigenvalue weighted by Gasteiger charge is -2.11. The van der Waals surface area contributed by atoms with E-state index in [1.165, 1.54) is 11.3 Å². The van der Waals surface area contributed by atoms with Crippen LogP contribution >= 0.6 is 11.3 Å². The fourth-order valence-electron chi connectivity index (χ4n) is 1.75. The minimum Gasteiger partial charge on any atom is -0.490 e. The molecule has 5 heteroatoms. The van der Waals surface area contributed by atoms with Crippen LogP contribution in [0.15, 0.2) is 18.2 Å². The third kappa shape index (κ3) is 2.98. The van der Waals surface area contributed by atoms with Gasteiger partial charge in [0.2, 0.25) is 0 Å². The van der Waals surface area contributed by atoms with Gasteiger partial charge in [-0.25, -0.2) is 4.79 Å². The standard InChI is InChI=1S/C14H16O4S/c1-3-5-18-11-8-12-9(6-10(11)17-4-2)7-13(19-12)14(15)16/h6-8H,3-5H2,1-2H3,(H,15,16). The molecule has 2 rings (SSSR count). The Kier molecular flexibility index (Phi) is 4.27. The smallest absolute Gasteiger partial charge is 0.345 e. The Labute approximate surface area is 115 Å². The van der Waals surface area contributed by atoms with Gasteiger partial charge in [-0.15, -0.1) is 11.3 Å². The van der Waals surface area contributed by atoms with Gasteiger partial charge < -0.3 is 14.6 Å². The number of thiophene rings is 1. The highest BCUT2D eigenvalue weighted by atomic mass is 32.1. The van der Waals surface area contributed by atoms with Crippen LogP contribution in [0.1, 0.15) is 29.9 Å². The van der Waals surface area contributed by atoms with Crippen molar-refractivity contribution in [2.24, 2.45) is 0 Å². The number of carbonyl (C=O) groups is 1. The maximum absolute atomic E-state index is 11.0. The first-order valence-corrected chi connectivity index (χ1v) is 7.03. The summed E-state index contributed by atoms with van der Waals surface area (Å²) in [6, 6.07) is 5.36. The molecule has 0 bridgehead atoms. The SMILES string of the molecule is CCCOc1cc2sc(C(=O)O)cc2cc1OCC. The maximum Gasteiger partial charge on any atom is 0.345 e. The van der Waals surface area contributed by atoms with Gasteiger partial charge in [-0.3, -0.25) is 0 Å². The first kappa shape index (κ1) is 13.7. The molecule has 0 aliphatic rings. The van der Waals surface area contributed by atoms with Gasteiger partial charge in [0.25, 0.3) is 0 Å². The maximum atomic E-state index is 11.0. The molecule has 0 unspecified atom stereocenters. The van der Waals surface area contributed by atoms with E-state index >= 15 is 0 Å². The fourth-order valence-corrected chi connectivity index (χ4v) is 2.66. The molecular weight excluding hydrogens is 264 g/mol. The van der Waals surface area contributed by atoms with Crippen LogP contribution in [0.2, 0.25) is 0 Å². The van der Waals surface area contributed by atoms with Crippen LogP contribution in [-0.4, -0.2) is 24.3 Å². The summed E-state index contributed by atoms with van der Waals surface area (Å²) < 4.78 is 12.1. The molecule has 2 aromatic rings. The van der Waals surface area contributed by atoms with Crippen LogP contribution in [0.4, 0.5) is 0 Å². The zero-order valence-corrected chi connectivity index (χ0v) is 11.8. The molecule has 1 heterocycles. The van der Waals surface area contributed by atoms with Gasteiger partial charge in [-0.2, -0.15) is 0 Å². The van der Waals surface area contributed by atoms with Crippen LogP contribution < -0.4 is 9.47 Å². The highest BCUT2D eigenvalue weighted by Crippen LogP contribution is 2.36. The summed E-state index contributed by atoms with van der Waals surface area (Å²) >= 11 is 1.24. The number of hydrogen-bond acceptors (Lipinski definition) is 4. The molecule has 0 fully saturated rings. The van der Waals surface area contributed by atoms with E-state index in [4.69, 9.17) is 14.6 Å². The molecular formula is C14H16O4S. The normalized spacial score (nSPS) is 10.6. The molecule has 0 radical (unpaired) electrons. The van der Waals surface area contributed by atoms with Gasteiger partial charge in [-0.05, 0) is 30.9 Å². The predicted molar refractivity (Wildman–Crippen MR) is 75.7 cm³/mol. The van der Waals surface area contributed by atoms with E-state index in [2.05, 4.69) is 0 Å². The van der Waals surface area contributed by atoms with Crippen molar-refractivity contribution in [2.45, 2.75) is 20.3 Å². The summed E-state index contributed by atoms with van der Waals surface area (Å²) in [5.74, 6) is 0.434. The summed E-state index contributed by atoms with van der Waals surface area (Å²) in [5, 5.41) is 9.89. The van der Waals surface area contributed by atoms with Gasteiger partial charge >= 0.3 is 5.97 Å². The van der Waals surface area contributed by atoms with Crippen LogP contribution in [0.5, 0.6) is 11.5 Å².